The number of aromatic nitrogens is 4. The summed E-state index contributed by atoms with van der Waals surface area (Å²) < 4.78 is 8.65. The second kappa shape index (κ2) is 11.3. The molecule has 2 aromatic rings. The van der Waals surface area contributed by atoms with Crippen molar-refractivity contribution in [1.82, 2.24) is 24.9 Å². The minimum absolute atomic E-state index is 0.153. The molecular formula is C22H30ClN7O3. The molecule has 1 atom stereocenters. The molecule has 1 aliphatic heterocycles. The average Bonchev–Trinajstić information content (AvgIpc) is 3.36. The van der Waals surface area contributed by atoms with E-state index >= 15 is 0 Å². The SMILES string of the molecule is CCCOCCCNC(=O)C(C)N(C(C)=O)c1c(C#N)cnn1-c1nn2c(c1Cl)CCCC2. The first kappa shape index (κ1) is 24.7. The van der Waals surface area contributed by atoms with Crippen LogP contribution < -0.4 is 10.2 Å². The van der Waals surface area contributed by atoms with Crippen molar-refractivity contribution in [2.45, 2.75) is 65.5 Å². The third kappa shape index (κ3) is 5.37. The lowest BCUT2D eigenvalue weighted by molar-refractivity contribution is -0.125. The van der Waals surface area contributed by atoms with E-state index < -0.39 is 11.9 Å². The van der Waals surface area contributed by atoms with Crippen LogP contribution in [0.3, 0.4) is 0 Å². The highest BCUT2D eigenvalue weighted by molar-refractivity contribution is 6.33. The van der Waals surface area contributed by atoms with Crippen molar-refractivity contribution in [3.05, 3.63) is 22.5 Å². The summed E-state index contributed by atoms with van der Waals surface area (Å²) in [4.78, 5) is 26.8. The summed E-state index contributed by atoms with van der Waals surface area (Å²) >= 11 is 6.63. The maximum Gasteiger partial charge on any atom is 0.242 e. The molecule has 0 bridgehead atoms. The summed E-state index contributed by atoms with van der Waals surface area (Å²) in [6.07, 6.45) is 5.77. The second-order valence-electron chi connectivity index (χ2n) is 7.99. The van der Waals surface area contributed by atoms with Gasteiger partial charge < -0.3 is 10.1 Å². The van der Waals surface area contributed by atoms with E-state index in [0.717, 1.165) is 37.9 Å². The fraction of sp³-hybridized carbons (Fsp3) is 0.591. The van der Waals surface area contributed by atoms with Crippen LogP contribution in [0, 0.1) is 11.3 Å². The number of nitriles is 1. The Hall–Kier alpha value is -2.90. The second-order valence-corrected chi connectivity index (χ2v) is 8.37. The highest BCUT2D eigenvalue weighted by Gasteiger charge is 2.32. The summed E-state index contributed by atoms with van der Waals surface area (Å²) in [5.41, 5.74) is 1.06. The Bertz CT molecular complexity index is 1040. The number of halogens is 1. The highest BCUT2D eigenvalue weighted by atomic mass is 35.5. The molecule has 2 amide bonds. The summed E-state index contributed by atoms with van der Waals surface area (Å²) in [6, 6.07) is 1.19. The standard InChI is InChI=1S/C22H30ClN7O3/c1-4-11-33-12-7-9-25-21(32)15(2)29(16(3)31)22-17(13-24)14-26-30(22)20-19(23)18-8-5-6-10-28(18)27-20/h14-15H,4-12H2,1-3H3,(H,25,32). The van der Waals surface area contributed by atoms with E-state index in [4.69, 9.17) is 16.3 Å². The first-order valence-electron chi connectivity index (χ1n) is 11.3. The largest absolute Gasteiger partial charge is 0.381 e. The zero-order chi connectivity index (χ0) is 24.0. The van der Waals surface area contributed by atoms with E-state index in [1.807, 2.05) is 11.6 Å². The molecule has 0 saturated carbocycles. The Morgan fingerprint density at radius 1 is 1.39 bits per heavy atom. The molecule has 0 spiro atoms. The number of nitrogens with zero attached hydrogens (tertiary/aromatic N) is 6. The number of carbonyl (C=O) groups excluding carboxylic acids is 2. The van der Waals surface area contributed by atoms with Gasteiger partial charge in [0.05, 0.1) is 11.9 Å². The van der Waals surface area contributed by atoms with Gasteiger partial charge in [-0.15, -0.1) is 0 Å². The number of rotatable bonds is 10. The van der Waals surface area contributed by atoms with Crippen LogP contribution in [0.1, 0.15) is 57.7 Å². The smallest absolute Gasteiger partial charge is 0.242 e. The average molecular weight is 476 g/mol. The molecule has 0 aliphatic carbocycles. The summed E-state index contributed by atoms with van der Waals surface area (Å²) in [5, 5.41) is 21.9. The molecule has 0 radical (unpaired) electrons. The molecule has 0 fully saturated rings. The Labute approximate surface area is 198 Å². The van der Waals surface area contributed by atoms with Gasteiger partial charge in [0.15, 0.2) is 11.6 Å². The molecular weight excluding hydrogens is 446 g/mol. The lowest BCUT2D eigenvalue weighted by Crippen LogP contribution is -2.48. The quantitative estimate of drug-likeness (QED) is 0.527. The van der Waals surface area contributed by atoms with Crippen LogP contribution in [-0.4, -0.2) is 57.2 Å². The van der Waals surface area contributed by atoms with Gasteiger partial charge in [-0.3, -0.25) is 19.2 Å². The van der Waals surface area contributed by atoms with Gasteiger partial charge in [-0.05, 0) is 39.0 Å². The summed E-state index contributed by atoms with van der Waals surface area (Å²) in [5.74, 6) is -0.219. The predicted molar refractivity (Wildman–Crippen MR) is 123 cm³/mol. The molecule has 1 unspecified atom stereocenters. The number of aryl methyl sites for hydroxylation is 1. The first-order valence-corrected chi connectivity index (χ1v) is 11.7. The van der Waals surface area contributed by atoms with Gasteiger partial charge in [0.2, 0.25) is 11.8 Å². The summed E-state index contributed by atoms with van der Waals surface area (Å²) in [6.45, 7) is 7.39. The normalized spacial score (nSPS) is 13.8. The van der Waals surface area contributed by atoms with E-state index in [2.05, 4.69) is 21.6 Å². The number of ether oxygens (including phenoxy) is 1. The number of hydrogen-bond donors (Lipinski definition) is 1. The van der Waals surface area contributed by atoms with Gasteiger partial charge in [0, 0.05) is 33.2 Å². The van der Waals surface area contributed by atoms with Gasteiger partial charge in [-0.25, -0.2) is 0 Å². The molecule has 3 rings (SSSR count). The van der Waals surface area contributed by atoms with Crippen molar-refractivity contribution in [3.63, 3.8) is 0 Å². The van der Waals surface area contributed by atoms with E-state index in [1.54, 1.807) is 6.92 Å². The molecule has 0 saturated heterocycles. The number of fused-ring (bicyclic) bond motifs is 1. The predicted octanol–water partition coefficient (Wildman–Crippen LogP) is 2.60. The molecule has 2 aromatic heterocycles. The van der Waals surface area contributed by atoms with Gasteiger partial charge in [-0.1, -0.05) is 18.5 Å². The van der Waals surface area contributed by atoms with Crippen LogP contribution in [0.25, 0.3) is 5.82 Å². The minimum Gasteiger partial charge on any atom is -0.381 e. The van der Waals surface area contributed by atoms with Crippen LogP contribution in [-0.2, 0) is 27.3 Å². The van der Waals surface area contributed by atoms with Crippen LogP contribution >= 0.6 is 11.6 Å². The Morgan fingerprint density at radius 2 is 2.18 bits per heavy atom. The molecule has 1 aliphatic rings. The Balaban J connectivity index is 1.87. The fourth-order valence-corrected chi connectivity index (χ4v) is 4.19. The minimum atomic E-state index is -0.877. The zero-order valence-corrected chi connectivity index (χ0v) is 20.1. The number of nitrogens with one attached hydrogen (secondary N) is 1. The van der Waals surface area contributed by atoms with Crippen LogP contribution in [0.4, 0.5) is 5.82 Å². The number of anilines is 1. The summed E-state index contributed by atoms with van der Waals surface area (Å²) in [7, 11) is 0. The highest BCUT2D eigenvalue weighted by Crippen LogP contribution is 2.33. The molecule has 3 heterocycles. The maximum absolute atomic E-state index is 12.8. The van der Waals surface area contributed by atoms with Crippen LogP contribution in [0.15, 0.2) is 6.20 Å². The monoisotopic (exact) mass is 475 g/mol. The van der Waals surface area contributed by atoms with Gasteiger partial charge in [0.25, 0.3) is 0 Å². The molecule has 1 N–H and O–H groups in total. The van der Waals surface area contributed by atoms with Crippen molar-refractivity contribution in [3.8, 4) is 11.9 Å². The lowest BCUT2D eigenvalue weighted by Gasteiger charge is -2.27. The molecule has 178 valence electrons. The van der Waals surface area contributed by atoms with Crippen molar-refractivity contribution >= 4 is 29.2 Å². The fourth-order valence-electron chi connectivity index (χ4n) is 3.88. The lowest BCUT2D eigenvalue weighted by atomic mass is 10.1. The van der Waals surface area contributed by atoms with Gasteiger partial charge in [-0.2, -0.15) is 20.1 Å². The van der Waals surface area contributed by atoms with Crippen LogP contribution in [0.2, 0.25) is 5.02 Å². The van der Waals surface area contributed by atoms with Gasteiger partial charge >= 0.3 is 0 Å². The Kier molecular flexibility index (Phi) is 8.47. The third-order valence-corrected chi connectivity index (χ3v) is 5.91. The third-order valence-electron chi connectivity index (χ3n) is 5.52. The van der Waals surface area contributed by atoms with E-state index in [0.29, 0.717) is 37.0 Å². The number of hydrogen-bond acceptors (Lipinski definition) is 6. The van der Waals surface area contributed by atoms with E-state index in [-0.39, 0.29) is 17.3 Å². The topological polar surface area (TPSA) is 118 Å². The molecule has 11 heteroatoms. The van der Waals surface area contributed by atoms with Gasteiger partial charge in [0.1, 0.15) is 22.7 Å². The number of carbonyl (C=O) groups is 2. The van der Waals surface area contributed by atoms with Crippen LogP contribution in [0.5, 0.6) is 0 Å². The number of amides is 2. The molecule has 10 nitrogen and oxygen atoms in total. The van der Waals surface area contributed by atoms with Crippen molar-refractivity contribution in [1.29, 1.82) is 5.26 Å². The molecule has 33 heavy (non-hydrogen) atoms. The molecule has 0 aromatic carbocycles. The van der Waals surface area contributed by atoms with Crippen molar-refractivity contribution < 1.29 is 14.3 Å². The van der Waals surface area contributed by atoms with Crippen molar-refractivity contribution in [2.24, 2.45) is 0 Å². The zero-order valence-electron chi connectivity index (χ0n) is 19.3. The van der Waals surface area contributed by atoms with E-state index in [1.165, 1.54) is 22.7 Å². The Morgan fingerprint density at radius 3 is 2.85 bits per heavy atom. The maximum atomic E-state index is 12.8. The van der Waals surface area contributed by atoms with E-state index in [9.17, 15) is 14.9 Å². The van der Waals surface area contributed by atoms with Crippen molar-refractivity contribution in [2.75, 3.05) is 24.7 Å². The first-order chi connectivity index (χ1) is 15.9.